The third-order valence-corrected chi connectivity index (χ3v) is 8.80. The highest BCUT2D eigenvalue weighted by atomic mass is 35.5. The number of aromatic nitrogens is 2. The van der Waals surface area contributed by atoms with Crippen molar-refractivity contribution in [3.8, 4) is 5.75 Å². The largest absolute Gasteiger partial charge is 0.491 e. The van der Waals surface area contributed by atoms with Crippen LogP contribution in [0.25, 0.3) is 10.9 Å². The molecule has 1 saturated carbocycles. The maximum absolute atomic E-state index is 15.1. The van der Waals surface area contributed by atoms with Gasteiger partial charge in [-0.05, 0) is 42.2 Å². The molecule has 4 fully saturated rings. The SMILES string of the molecule is O=C(Nc1cc2c(Nc3ccc(F)c(Cl)c3)ncnc2cc1OCC1C2COCC21)/C(F)=C/CN1CC2OCCO[C@H]2C1. The number of halogens is 3. The molecule has 0 spiro atoms. The lowest BCUT2D eigenvalue weighted by atomic mass is 10.1. The van der Waals surface area contributed by atoms with Crippen LogP contribution in [0, 0.1) is 23.6 Å². The zero-order valence-electron chi connectivity index (χ0n) is 23.1. The van der Waals surface area contributed by atoms with Gasteiger partial charge in [-0.1, -0.05) is 11.6 Å². The van der Waals surface area contributed by atoms with Gasteiger partial charge in [0.05, 0.1) is 61.5 Å². The number of hydrogen-bond acceptors (Lipinski definition) is 9. The quantitative estimate of drug-likeness (QED) is 0.341. The van der Waals surface area contributed by atoms with Crippen molar-refractivity contribution in [3.05, 3.63) is 59.4 Å². The van der Waals surface area contributed by atoms with Crippen LogP contribution >= 0.6 is 11.6 Å². The Labute approximate surface area is 251 Å². The van der Waals surface area contributed by atoms with Crippen molar-refractivity contribution in [2.45, 2.75) is 12.2 Å². The summed E-state index contributed by atoms with van der Waals surface area (Å²) in [4.78, 5) is 23.7. The molecule has 4 heterocycles. The lowest BCUT2D eigenvalue weighted by Crippen LogP contribution is -2.36. The minimum atomic E-state index is -0.916. The molecule has 1 aliphatic carbocycles. The number of carbonyl (C=O) groups is 1. The van der Waals surface area contributed by atoms with Crippen LogP contribution in [0.1, 0.15) is 0 Å². The summed E-state index contributed by atoms with van der Waals surface area (Å²) < 4.78 is 51.9. The first-order valence-corrected chi connectivity index (χ1v) is 14.6. The summed E-state index contributed by atoms with van der Waals surface area (Å²) >= 11 is 5.95. The summed E-state index contributed by atoms with van der Waals surface area (Å²) in [6.07, 6.45) is 2.57. The van der Waals surface area contributed by atoms with Crippen LogP contribution in [0.5, 0.6) is 5.75 Å². The fraction of sp³-hybridized carbons (Fsp3) is 0.433. The molecule has 0 bridgehead atoms. The summed E-state index contributed by atoms with van der Waals surface area (Å²) in [5, 5.41) is 6.28. The van der Waals surface area contributed by atoms with E-state index in [-0.39, 0.29) is 29.5 Å². The van der Waals surface area contributed by atoms with Gasteiger partial charge in [-0.25, -0.2) is 18.7 Å². The van der Waals surface area contributed by atoms with Gasteiger partial charge in [0, 0.05) is 42.7 Å². The average molecular weight is 614 g/mol. The van der Waals surface area contributed by atoms with E-state index in [2.05, 4.69) is 20.6 Å². The summed E-state index contributed by atoms with van der Waals surface area (Å²) in [7, 11) is 0. The van der Waals surface area contributed by atoms with Crippen LogP contribution < -0.4 is 15.4 Å². The highest BCUT2D eigenvalue weighted by molar-refractivity contribution is 6.31. The molecule has 4 atom stereocenters. The second-order valence-corrected chi connectivity index (χ2v) is 11.6. The molecule has 7 rings (SSSR count). The van der Waals surface area contributed by atoms with Gasteiger partial charge in [0.2, 0.25) is 0 Å². The predicted octanol–water partition coefficient (Wildman–Crippen LogP) is 4.33. The molecule has 10 nitrogen and oxygen atoms in total. The molecule has 43 heavy (non-hydrogen) atoms. The number of likely N-dealkylation sites (tertiary alicyclic amines) is 1. The second-order valence-electron chi connectivity index (χ2n) is 11.2. The molecule has 226 valence electrons. The van der Waals surface area contributed by atoms with Gasteiger partial charge in [0.25, 0.3) is 5.91 Å². The zero-order valence-corrected chi connectivity index (χ0v) is 23.9. The fourth-order valence-electron chi connectivity index (χ4n) is 6.07. The normalized spacial score (nSPS) is 26.7. The Kier molecular flexibility index (Phi) is 7.87. The van der Waals surface area contributed by atoms with Gasteiger partial charge in [-0.3, -0.25) is 9.69 Å². The molecule has 2 aromatic carbocycles. The Morgan fingerprint density at radius 3 is 2.63 bits per heavy atom. The molecule has 0 radical (unpaired) electrons. The number of anilines is 3. The number of benzene rings is 2. The minimum absolute atomic E-state index is 0.0372. The third-order valence-electron chi connectivity index (χ3n) is 8.51. The molecule has 4 aliphatic rings. The molecule has 3 aromatic rings. The third kappa shape index (κ3) is 6.02. The van der Waals surface area contributed by atoms with Crippen molar-refractivity contribution in [1.29, 1.82) is 0 Å². The molecule has 3 saturated heterocycles. The number of fused-ring (bicyclic) bond motifs is 3. The minimum Gasteiger partial charge on any atom is -0.491 e. The average Bonchev–Trinajstić information content (AvgIpc) is 3.31. The number of rotatable bonds is 9. The molecule has 13 heteroatoms. The van der Waals surface area contributed by atoms with Crippen molar-refractivity contribution >= 4 is 45.6 Å². The van der Waals surface area contributed by atoms with Crippen LogP contribution in [-0.4, -0.2) is 85.7 Å². The van der Waals surface area contributed by atoms with E-state index >= 15 is 4.39 Å². The molecular weight excluding hydrogens is 584 g/mol. The van der Waals surface area contributed by atoms with Crippen LogP contribution in [0.2, 0.25) is 5.02 Å². The van der Waals surface area contributed by atoms with Crippen LogP contribution in [0.4, 0.5) is 26.0 Å². The van der Waals surface area contributed by atoms with E-state index in [1.807, 2.05) is 4.90 Å². The van der Waals surface area contributed by atoms with Gasteiger partial charge in [-0.15, -0.1) is 0 Å². The Morgan fingerprint density at radius 2 is 1.88 bits per heavy atom. The summed E-state index contributed by atoms with van der Waals surface area (Å²) in [6.45, 7) is 4.46. The number of amides is 1. The van der Waals surface area contributed by atoms with Gasteiger partial charge in [-0.2, -0.15) is 0 Å². The summed E-state index contributed by atoms with van der Waals surface area (Å²) in [5.41, 5.74) is 1.31. The first-order valence-electron chi connectivity index (χ1n) is 14.3. The van der Waals surface area contributed by atoms with E-state index in [0.717, 1.165) is 13.2 Å². The standard InChI is InChI=1S/C30H30ClF2N5O5/c31-21-7-16(1-2-22(21)32)36-29-17-8-25(26(9-24(17)34-15-35-29)43-14-20-18-12-40-13-19(18)20)37-30(39)23(33)3-4-38-10-27-28(11-38)42-6-5-41-27/h1-3,7-9,15,18-20,27-28H,4-6,10-14H2,(H,37,39)(H,34,35,36)/b23-3-/t18?,19?,20?,27-,28?/m0/s1. The lowest BCUT2D eigenvalue weighted by Gasteiger charge is -2.24. The second kappa shape index (κ2) is 11.9. The smallest absolute Gasteiger partial charge is 0.284 e. The van der Waals surface area contributed by atoms with Crippen molar-refractivity contribution in [1.82, 2.24) is 14.9 Å². The Hall–Kier alpha value is -3.42. The van der Waals surface area contributed by atoms with E-state index in [1.165, 1.54) is 30.6 Å². The fourth-order valence-corrected chi connectivity index (χ4v) is 6.25. The Bertz CT molecular complexity index is 1550. The van der Waals surface area contributed by atoms with E-state index in [4.69, 9.17) is 30.5 Å². The zero-order chi connectivity index (χ0) is 29.5. The number of nitrogens with one attached hydrogen (secondary N) is 2. The van der Waals surface area contributed by atoms with Gasteiger partial charge in [0.15, 0.2) is 5.83 Å². The number of carbonyl (C=O) groups excluding carboxylic acids is 1. The maximum atomic E-state index is 15.1. The molecular formula is C30H30ClF2N5O5. The summed E-state index contributed by atoms with van der Waals surface area (Å²) in [6, 6.07) is 7.54. The Morgan fingerprint density at radius 1 is 1.12 bits per heavy atom. The van der Waals surface area contributed by atoms with E-state index in [9.17, 15) is 9.18 Å². The maximum Gasteiger partial charge on any atom is 0.284 e. The van der Waals surface area contributed by atoms with Crippen molar-refractivity contribution in [3.63, 3.8) is 0 Å². The van der Waals surface area contributed by atoms with E-state index in [1.54, 1.807) is 12.1 Å². The highest BCUT2D eigenvalue weighted by Gasteiger charge is 2.54. The lowest BCUT2D eigenvalue weighted by molar-refractivity contribution is -0.116. The molecule has 1 amide bonds. The Balaban J connectivity index is 1.12. The van der Waals surface area contributed by atoms with Crippen LogP contribution in [0.3, 0.4) is 0 Å². The first-order chi connectivity index (χ1) is 20.9. The molecule has 3 unspecified atom stereocenters. The van der Waals surface area contributed by atoms with Crippen molar-refractivity contribution in [2.75, 3.05) is 63.3 Å². The number of hydrogen-bond donors (Lipinski definition) is 2. The highest BCUT2D eigenvalue weighted by Crippen LogP contribution is 2.51. The van der Waals surface area contributed by atoms with Gasteiger partial charge < -0.3 is 29.6 Å². The topological polar surface area (TPSA) is 107 Å². The van der Waals surface area contributed by atoms with Gasteiger partial charge >= 0.3 is 0 Å². The predicted molar refractivity (Wildman–Crippen MR) is 155 cm³/mol. The molecule has 3 aliphatic heterocycles. The van der Waals surface area contributed by atoms with Crippen molar-refractivity contribution in [2.24, 2.45) is 17.8 Å². The monoisotopic (exact) mass is 613 g/mol. The van der Waals surface area contributed by atoms with Crippen LogP contribution in [-0.2, 0) is 19.0 Å². The number of nitrogens with zero attached hydrogens (tertiary/aromatic N) is 3. The van der Waals surface area contributed by atoms with Gasteiger partial charge in [0.1, 0.15) is 23.7 Å². The van der Waals surface area contributed by atoms with E-state index < -0.39 is 17.6 Å². The van der Waals surface area contributed by atoms with Crippen LogP contribution in [0.15, 0.2) is 48.6 Å². The number of ether oxygens (including phenoxy) is 4. The first kappa shape index (κ1) is 28.4. The molecule has 2 N–H and O–H groups in total. The van der Waals surface area contributed by atoms with Crippen molar-refractivity contribution < 1.29 is 32.5 Å². The van der Waals surface area contributed by atoms with E-state index in [0.29, 0.717) is 78.8 Å². The molecule has 1 aromatic heterocycles. The summed E-state index contributed by atoms with van der Waals surface area (Å²) in [5.74, 6) is -0.284.